The Morgan fingerprint density at radius 2 is 2.27 bits per heavy atom. The molecular weight excluding hydrogens is 190 g/mol. The third kappa shape index (κ3) is 4.44. The van der Waals surface area contributed by atoms with Crippen molar-refractivity contribution in [2.24, 2.45) is 0 Å². The van der Waals surface area contributed by atoms with E-state index < -0.39 is 0 Å². The van der Waals surface area contributed by atoms with E-state index in [0.29, 0.717) is 0 Å². The highest BCUT2D eigenvalue weighted by atomic mass is 16.1. The van der Waals surface area contributed by atoms with Gasteiger partial charge in [0.05, 0.1) is 6.54 Å². The second kappa shape index (κ2) is 6.01. The maximum atomic E-state index is 11.3. The van der Waals surface area contributed by atoms with Crippen LogP contribution in [0.5, 0.6) is 0 Å². The summed E-state index contributed by atoms with van der Waals surface area (Å²) in [6.45, 7) is 4.94. The molecule has 0 saturated heterocycles. The molecule has 0 unspecified atom stereocenters. The van der Waals surface area contributed by atoms with Crippen molar-refractivity contribution in [3.05, 3.63) is 23.9 Å². The Bertz CT molecular complexity index is 325. The first-order valence-corrected chi connectivity index (χ1v) is 5.16. The average Bonchev–Trinajstić information content (AvgIpc) is 2.23. The lowest BCUT2D eigenvalue weighted by Gasteiger charge is -2.06. The van der Waals surface area contributed by atoms with Gasteiger partial charge in [-0.05, 0) is 25.5 Å². The SMILES string of the molecule is CCCNC(=O)CNc1cccc(C)n1. The molecule has 1 rings (SSSR count). The summed E-state index contributed by atoms with van der Waals surface area (Å²) in [6.07, 6.45) is 0.953. The van der Waals surface area contributed by atoms with Crippen LogP contribution in [0.25, 0.3) is 0 Å². The smallest absolute Gasteiger partial charge is 0.239 e. The van der Waals surface area contributed by atoms with Crippen molar-refractivity contribution in [2.45, 2.75) is 20.3 Å². The normalized spacial score (nSPS) is 9.73. The van der Waals surface area contributed by atoms with Crippen molar-refractivity contribution in [3.8, 4) is 0 Å². The minimum atomic E-state index is 0.000145. The van der Waals surface area contributed by atoms with E-state index in [4.69, 9.17) is 0 Å². The van der Waals surface area contributed by atoms with Gasteiger partial charge in [0, 0.05) is 12.2 Å². The zero-order valence-electron chi connectivity index (χ0n) is 9.21. The lowest BCUT2D eigenvalue weighted by molar-refractivity contribution is -0.119. The standard InChI is InChI=1S/C11H17N3O/c1-3-7-12-11(15)8-13-10-6-4-5-9(2)14-10/h4-6H,3,7-8H2,1-2H3,(H,12,15)(H,13,14). The molecule has 2 N–H and O–H groups in total. The quantitative estimate of drug-likeness (QED) is 0.765. The van der Waals surface area contributed by atoms with E-state index in [9.17, 15) is 4.79 Å². The molecule has 0 bridgehead atoms. The molecule has 0 saturated carbocycles. The van der Waals surface area contributed by atoms with Crippen LogP contribution in [0.1, 0.15) is 19.0 Å². The Hall–Kier alpha value is -1.58. The van der Waals surface area contributed by atoms with Crippen LogP contribution in [0, 0.1) is 6.92 Å². The summed E-state index contributed by atoms with van der Waals surface area (Å²) in [5.41, 5.74) is 0.939. The van der Waals surface area contributed by atoms with Gasteiger partial charge in [-0.25, -0.2) is 4.98 Å². The van der Waals surface area contributed by atoms with Crippen molar-refractivity contribution >= 4 is 11.7 Å². The van der Waals surface area contributed by atoms with E-state index >= 15 is 0 Å². The molecule has 4 heteroatoms. The maximum Gasteiger partial charge on any atom is 0.239 e. The largest absolute Gasteiger partial charge is 0.361 e. The number of nitrogens with zero attached hydrogens (tertiary/aromatic N) is 1. The number of aromatic nitrogens is 1. The fourth-order valence-electron chi connectivity index (χ4n) is 1.14. The average molecular weight is 207 g/mol. The van der Waals surface area contributed by atoms with Crippen LogP contribution < -0.4 is 10.6 Å². The summed E-state index contributed by atoms with van der Waals surface area (Å²) in [7, 11) is 0. The Labute approximate surface area is 90.1 Å². The van der Waals surface area contributed by atoms with E-state index in [1.54, 1.807) is 0 Å². The van der Waals surface area contributed by atoms with Crippen LogP contribution in [0.2, 0.25) is 0 Å². The first-order valence-electron chi connectivity index (χ1n) is 5.16. The molecule has 1 heterocycles. The number of hydrogen-bond acceptors (Lipinski definition) is 3. The molecule has 1 amide bonds. The molecule has 0 aliphatic heterocycles. The van der Waals surface area contributed by atoms with Crippen LogP contribution in [0.4, 0.5) is 5.82 Å². The minimum Gasteiger partial charge on any atom is -0.361 e. The summed E-state index contributed by atoms with van der Waals surface area (Å²) < 4.78 is 0. The van der Waals surface area contributed by atoms with Crippen LogP contribution in [-0.4, -0.2) is 24.0 Å². The van der Waals surface area contributed by atoms with E-state index in [1.165, 1.54) is 0 Å². The van der Waals surface area contributed by atoms with E-state index in [-0.39, 0.29) is 12.5 Å². The summed E-state index contributed by atoms with van der Waals surface area (Å²) in [5, 5.41) is 5.76. The number of carbonyl (C=O) groups is 1. The second-order valence-corrected chi connectivity index (χ2v) is 3.37. The number of anilines is 1. The summed E-state index contributed by atoms with van der Waals surface area (Å²) in [5.74, 6) is 0.738. The fraction of sp³-hybridized carbons (Fsp3) is 0.455. The minimum absolute atomic E-state index is 0.000145. The number of aryl methyl sites for hydroxylation is 1. The number of amides is 1. The molecule has 1 aromatic heterocycles. The van der Waals surface area contributed by atoms with Gasteiger partial charge in [0.15, 0.2) is 0 Å². The van der Waals surface area contributed by atoms with Crippen molar-refractivity contribution in [3.63, 3.8) is 0 Å². The van der Waals surface area contributed by atoms with Crippen LogP contribution in [-0.2, 0) is 4.79 Å². The third-order valence-electron chi connectivity index (χ3n) is 1.89. The third-order valence-corrected chi connectivity index (χ3v) is 1.89. The fourth-order valence-corrected chi connectivity index (χ4v) is 1.14. The van der Waals surface area contributed by atoms with Gasteiger partial charge >= 0.3 is 0 Å². The predicted molar refractivity (Wildman–Crippen MR) is 60.8 cm³/mol. The molecule has 0 aliphatic rings. The van der Waals surface area contributed by atoms with Crippen LogP contribution >= 0.6 is 0 Å². The van der Waals surface area contributed by atoms with Gasteiger partial charge in [0.1, 0.15) is 5.82 Å². The van der Waals surface area contributed by atoms with Crippen molar-refractivity contribution < 1.29 is 4.79 Å². The van der Waals surface area contributed by atoms with Crippen LogP contribution in [0.15, 0.2) is 18.2 Å². The predicted octanol–water partition coefficient (Wildman–Crippen LogP) is 1.33. The Morgan fingerprint density at radius 3 is 2.93 bits per heavy atom. The number of pyridine rings is 1. The molecule has 82 valence electrons. The molecule has 0 fully saturated rings. The first-order chi connectivity index (χ1) is 7.22. The molecule has 0 radical (unpaired) electrons. The Kier molecular flexibility index (Phi) is 4.60. The van der Waals surface area contributed by atoms with Gasteiger partial charge in [0.2, 0.25) is 5.91 Å². The van der Waals surface area contributed by atoms with Gasteiger partial charge in [0.25, 0.3) is 0 Å². The zero-order chi connectivity index (χ0) is 11.1. The van der Waals surface area contributed by atoms with Gasteiger partial charge in [-0.15, -0.1) is 0 Å². The van der Waals surface area contributed by atoms with E-state index in [1.807, 2.05) is 32.0 Å². The molecule has 0 aliphatic carbocycles. The van der Waals surface area contributed by atoms with Crippen LogP contribution in [0.3, 0.4) is 0 Å². The lowest BCUT2D eigenvalue weighted by atomic mass is 10.4. The number of carbonyl (C=O) groups excluding carboxylic acids is 1. The van der Waals surface area contributed by atoms with E-state index in [2.05, 4.69) is 15.6 Å². The van der Waals surface area contributed by atoms with Crippen molar-refractivity contribution in [1.82, 2.24) is 10.3 Å². The molecule has 0 atom stereocenters. The van der Waals surface area contributed by atoms with Gasteiger partial charge in [-0.2, -0.15) is 0 Å². The highest BCUT2D eigenvalue weighted by Gasteiger charge is 1.99. The van der Waals surface area contributed by atoms with Gasteiger partial charge in [-0.1, -0.05) is 13.0 Å². The first kappa shape index (κ1) is 11.5. The Morgan fingerprint density at radius 1 is 1.47 bits per heavy atom. The monoisotopic (exact) mass is 207 g/mol. The second-order valence-electron chi connectivity index (χ2n) is 3.37. The van der Waals surface area contributed by atoms with Crippen molar-refractivity contribution in [1.29, 1.82) is 0 Å². The number of nitrogens with one attached hydrogen (secondary N) is 2. The van der Waals surface area contributed by atoms with Gasteiger partial charge in [-0.3, -0.25) is 4.79 Å². The molecule has 0 spiro atoms. The highest BCUT2D eigenvalue weighted by molar-refractivity contribution is 5.80. The molecular formula is C11H17N3O. The Balaban J connectivity index is 2.33. The molecule has 0 aromatic carbocycles. The number of rotatable bonds is 5. The molecule has 15 heavy (non-hydrogen) atoms. The lowest BCUT2D eigenvalue weighted by Crippen LogP contribution is -2.30. The van der Waals surface area contributed by atoms with E-state index in [0.717, 1.165) is 24.5 Å². The summed E-state index contributed by atoms with van der Waals surface area (Å²) in [4.78, 5) is 15.5. The van der Waals surface area contributed by atoms with Crippen molar-refractivity contribution in [2.75, 3.05) is 18.4 Å². The zero-order valence-corrected chi connectivity index (χ0v) is 9.21. The number of hydrogen-bond donors (Lipinski definition) is 2. The summed E-state index contributed by atoms with van der Waals surface area (Å²) in [6, 6.07) is 5.68. The topological polar surface area (TPSA) is 54.0 Å². The molecule has 1 aromatic rings. The maximum absolute atomic E-state index is 11.3. The summed E-state index contributed by atoms with van der Waals surface area (Å²) >= 11 is 0. The molecule has 4 nitrogen and oxygen atoms in total. The highest BCUT2D eigenvalue weighted by Crippen LogP contribution is 2.02. The van der Waals surface area contributed by atoms with Gasteiger partial charge < -0.3 is 10.6 Å².